The summed E-state index contributed by atoms with van der Waals surface area (Å²) in [5.41, 5.74) is 3.90. The van der Waals surface area contributed by atoms with Gasteiger partial charge >= 0.3 is 0 Å². The molecule has 0 bridgehead atoms. The highest BCUT2D eigenvalue weighted by molar-refractivity contribution is 7.90. The van der Waals surface area contributed by atoms with Crippen LogP contribution < -0.4 is 10.1 Å². The Morgan fingerprint density at radius 1 is 0.889 bits per heavy atom. The molecule has 36 heavy (non-hydrogen) atoms. The molecule has 7 heteroatoms. The molecule has 0 atom stereocenters. The van der Waals surface area contributed by atoms with Gasteiger partial charge in [-0.25, -0.2) is 13.4 Å². The van der Waals surface area contributed by atoms with E-state index >= 15 is 0 Å². The quantitative estimate of drug-likeness (QED) is 0.321. The molecule has 180 valence electrons. The van der Waals surface area contributed by atoms with Crippen LogP contribution in [-0.2, 0) is 9.84 Å². The summed E-state index contributed by atoms with van der Waals surface area (Å²) in [6.07, 6.45) is 1.14. The molecule has 1 aromatic heterocycles. The van der Waals surface area contributed by atoms with Gasteiger partial charge in [0.25, 0.3) is 5.91 Å². The van der Waals surface area contributed by atoms with Gasteiger partial charge in [0.1, 0.15) is 5.75 Å². The molecular formula is C29H24N2O4S. The van der Waals surface area contributed by atoms with Gasteiger partial charge in [-0.1, -0.05) is 42.5 Å². The van der Waals surface area contributed by atoms with Gasteiger partial charge in [-0.05, 0) is 65.7 Å². The summed E-state index contributed by atoms with van der Waals surface area (Å²) in [4.78, 5) is 18.5. The molecule has 0 fully saturated rings. The number of nitrogens with one attached hydrogen (secondary N) is 1. The smallest absolute Gasteiger partial charge is 0.256 e. The van der Waals surface area contributed by atoms with Crippen molar-refractivity contribution in [2.24, 2.45) is 0 Å². The van der Waals surface area contributed by atoms with Gasteiger partial charge in [-0.2, -0.15) is 0 Å². The Labute approximate surface area is 209 Å². The monoisotopic (exact) mass is 496 g/mol. The van der Waals surface area contributed by atoms with Gasteiger partial charge in [-0.15, -0.1) is 0 Å². The number of fused-ring (bicyclic) bond motifs is 2. The number of ether oxygens (including phenoxy) is 1. The van der Waals surface area contributed by atoms with Gasteiger partial charge in [-0.3, -0.25) is 4.79 Å². The molecule has 1 heterocycles. The molecule has 4 aromatic carbocycles. The van der Waals surface area contributed by atoms with Crippen molar-refractivity contribution in [1.82, 2.24) is 4.98 Å². The normalized spacial score (nSPS) is 11.5. The van der Waals surface area contributed by atoms with Crippen molar-refractivity contribution in [3.05, 3.63) is 96.1 Å². The van der Waals surface area contributed by atoms with E-state index in [1.54, 1.807) is 19.2 Å². The second kappa shape index (κ2) is 9.09. The molecule has 0 radical (unpaired) electrons. The SMILES string of the molecule is COc1ccc2cc(-c3cc(C(=O)Nc4cc(S(C)(=O)=O)ccc4C)c4ccccc4n3)ccc2c1. The molecule has 1 N–H and O–H groups in total. The number of nitrogens with zero attached hydrogens (tertiary/aromatic N) is 1. The van der Waals surface area contributed by atoms with Crippen molar-refractivity contribution in [2.45, 2.75) is 11.8 Å². The fourth-order valence-corrected chi connectivity index (χ4v) is 4.82. The van der Waals surface area contributed by atoms with Crippen molar-refractivity contribution in [1.29, 1.82) is 0 Å². The second-order valence-corrected chi connectivity index (χ2v) is 10.7. The Kier molecular flexibility index (Phi) is 5.94. The molecular weight excluding hydrogens is 472 g/mol. The minimum Gasteiger partial charge on any atom is -0.497 e. The molecule has 0 aliphatic heterocycles. The first-order valence-electron chi connectivity index (χ1n) is 11.3. The minimum absolute atomic E-state index is 0.150. The number of aryl methyl sites for hydroxylation is 1. The number of aromatic nitrogens is 1. The summed E-state index contributed by atoms with van der Waals surface area (Å²) in [5.74, 6) is 0.447. The second-order valence-electron chi connectivity index (χ2n) is 8.70. The number of sulfone groups is 1. The summed E-state index contributed by atoms with van der Waals surface area (Å²) >= 11 is 0. The van der Waals surface area contributed by atoms with Crippen molar-refractivity contribution in [2.75, 3.05) is 18.7 Å². The predicted octanol–water partition coefficient (Wildman–Crippen LogP) is 6.03. The number of rotatable bonds is 5. The summed E-state index contributed by atoms with van der Waals surface area (Å²) < 4.78 is 29.4. The fraction of sp³-hybridized carbons (Fsp3) is 0.103. The number of hydrogen-bond donors (Lipinski definition) is 1. The third-order valence-corrected chi connectivity index (χ3v) is 7.30. The first-order chi connectivity index (χ1) is 17.2. The van der Waals surface area contributed by atoms with Crippen molar-refractivity contribution < 1.29 is 17.9 Å². The Morgan fingerprint density at radius 2 is 1.64 bits per heavy atom. The van der Waals surface area contributed by atoms with Gasteiger partial charge in [0.15, 0.2) is 9.84 Å². The molecule has 6 nitrogen and oxygen atoms in total. The zero-order valence-corrected chi connectivity index (χ0v) is 20.9. The molecule has 0 aliphatic carbocycles. The lowest BCUT2D eigenvalue weighted by Crippen LogP contribution is -2.14. The zero-order chi connectivity index (χ0) is 25.4. The molecule has 0 unspecified atom stereocenters. The van der Waals surface area contributed by atoms with Crippen LogP contribution in [0.15, 0.2) is 89.8 Å². The summed E-state index contributed by atoms with van der Waals surface area (Å²) in [7, 11) is -1.77. The third kappa shape index (κ3) is 4.53. The van der Waals surface area contributed by atoms with E-state index < -0.39 is 9.84 Å². The standard InChI is InChI=1S/C29H24N2O4S/c1-18-8-13-23(36(3,33)34)16-27(18)31-29(32)25-17-28(30-26-7-5-4-6-24(25)26)21-10-9-20-15-22(35-2)12-11-19(20)14-21/h4-17H,1-3H3,(H,31,32). The summed E-state index contributed by atoms with van der Waals surface area (Å²) in [6, 6.07) is 25.8. The lowest BCUT2D eigenvalue weighted by atomic mass is 10.0. The van der Waals surface area contributed by atoms with Gasteiger partial charge in [0.2, 0.25) is 0 Å². The highest BCUT2D eigenvalue weighted by Crippen LogP contribution is 2.30. The van der Waals surface area contributed by atoms with E-state index in [-0.39, 0.29) is 10.8 Å². The molecule has 5 aromatic rings. The van der Waals surface area contributed by atoms with Crippen LogP contribution in [0.4, 0.5) is 5.69 Å². The van der Waals surface area contributed by atoms with E-state index in [9.17, 15) is 13.2 Å². The van der Waals surface area contributed by atoms with Crippen LogP contribution in [0.2, 0.25) is 0 Å². The fourth-order valence-electron chi connectivity index (χ4n) is 4.18. The highest BCUT2D eigenvalue weighted by atomic mass is 32.2. The lowest BCUT2D eigenvalue weighted by molar-refractivity contribution is 0.102. The number of carbonyl (C=O) groups excluding carboxylic acids is 1. The zero-order valence-electron chi connectivity index (χ0n) is 20.1. The van der Waals surface area contributed by atoms with Gasteiger partial charge in [0.05, 0.1) is 28.8 Å². The number of amides is 1. The number of benzene rings is 4. The van der Waals surface area contributed by atoms with Crippen LogP contribution in [0.1, 0.15) is 15.9 Å². The largest absolute Gasteiger partial charge is 0.497 e. The Bertz CT molecular complexity index is 1760. The predicted molar refractivity (Wildman–Crippen MR) is 143 cm³/mol. The van der Waals surface area contributed by atoms with Crippen LogP contribution in [0, 0.1) is 6.92 Å². The van der Waals surface area contributed by atoms with E-state index in [4.69, 9.17) is 9.72 Å². The van der Waals surface area contributed by atoms with E-state index in [1.165, 1.54) is 12.1 Å². The Balaban J connectivity index is 1.59. The number of para-hydroxylation sites is 1. The van der Waals surface area contributed by atoms with Gasteiger partial charge < -0.3 is 10.1 Å². The first kappa shape index (κ1) is 23.5. The molecule has 5 rings (SSSR count). The van der Waals surface area contributed by atoms with E-state index in [1.807, 2.05) is 67.6 Å². The number of pyridine rings is 1. The summed E-state index contributed by atoms with van der Waals surface area (Å²) in [6.45, 7) is 1.82. The van der Waals surface area contributed by atoms with Crippen molar-refractivity contribution >= 4 is 43.1 Å². The molecule has 0 spiro atoms. The number of carbonyl (C=O) groups is 1. The maximum absolute atomic E-state index is 13.5. The number of hydrogen-bond acceptors (Lipinski definition) is 5. The van der Waals surface area contributed by atoms with Crippen LogP contribution in [0.3, 0.4) is 0 Å². The first-order valence-corrected chi connectivity index (χ1v) is 13.2. The van der Waals surface area contributed by atoms with Crippen LogP contribution in [0.5, 0.6) is 5.75 Å². The average molecular weight is 497 g/mol. The average Bonchev–Trinajstić information content (AvgIpc) is 2.87. The molecule has 0 aliphatic rings. The van der Waals surface area contributed by atoms with Crippen LogP contribution in [0.25, 0.3) is 32.9 Å². The van der Waals surface area contributed by atoms with E-state index in [0.717, 1.165) is 33.9 Å². The maximum atomic E-state index is 13.5. The minimum atomic E-state index is -3.41. The van der Waals surface area contributed by atoms with Crippen LogP contribution >= 0.6 is 0 Å². The molecule has 0 saturated carbocycles. The van der Waals surface area contributed by atoms with Gasteiger partial charge in [0, 0.05) is 22.9 Å². The lowest BCUT2D eigenvalue weighted by Gasteiger charge is -2.13. The maximum Gasteiger partial charge on any atom is 0.256 e. The van der Waals surface area contributed by atoms with Crippen molar-refractivity contribution in [3.63, 3.8) is 0 Å². The highest BCUT2D eigenvalue weighted by Gasteiger charge is 2.17. The summed E-state index contributed by atoms with van der Waals surface area (Å²) in [5, 5.41) is 5.69. The Hall–Kier alpha value is -4.23. The van der Waals surface area contributed by atoms with Crippen LogP contribution in [-0.4, -0.2) is 32.7 Å². The van der Waals surface area contributed by atoms with E-state index in [0.29, 0.717) is 27.8 Å². The molecule has 1 amide bonds. The number of anilines is 1. The van der Waals surface area contributed by atoms with E-state index in [2.05, 4.69) is 5.32 Å². The van der Waals surface area contributed by atoms with Crippen molar-refractivity contribution in [3.8, 4) is 17.0 Å². The Morgan fingerprint density at radius 3 is 2.42 bits per heavy atom. The molecule has 0 saturated heterocycles. The number of methoxy groups -OCH3 is 1. The topological polar surface area (TPSA) is 85.4 Å². The third-order valence-electron chi connectivity index (χ3n) is 6.19.